The molecule has 1 aromatic rings. The van der Waals surface area contributed by atoms with Gasteiger partial charge in [-0.05, 0) is 51.3 Å². The molecular formula is C16H26N2O. The molecule has 0 radical (unpaired) electrons. The molecule has 0 fully saturated rings. The molecule has 0 atom stereocenters. The molecule has 0 spiro atoms. The summed E-state index contributed by atoms with van der Waals surface area (Å²) < 4.78 is 0. The zero-order valence-electron chi connectivity index (χ0n) is 12.9. The molecule has 0 unspecified atom stereocenters. The Hall–Kier alpha value is -1.35. The summed E-state index contributed by atoms with van der Waals surface area (Å²) in [6.07, 6.45) is 0. The first kappa shape index (κ1) is 15.7. The van der Waals surface area contributed by atoms with Gasteiger partial charge < -0.3 is 11.1 Å². The van der Waals surface area contributed by atoms with Crippen LogP contribution >= 0.6 is 0 Å². The summed E-state index contributed by atoms with van der Waals surface area (Å²) in [5.41, 5.74) is 6.93. The first-order valence-electron chi connectivity index (χ1n) is 6.76. The maximum atomic E-state index is 12.3. The molecule has 1 rings (SSSR count). The number of amides is 1. The molecule has 0 aliphatic heterocycles. The fourth-order valence-electron chi connectivity index (χ4n) is 1.53. The molecular weight excluding hydrogens is 236 g/mol. The molecule has 0 saturated carbocycles. The van der Waals surface area contributed by atoms with E-state index in [-0.39, 0.29) is 5.91 Å². The van der Waals surface area contributed by atoms with E-state index in [4.69, 9.17) is 5.73 Å². The maximum absolute atomic E-state index is 12.3. The lowest BCUT2D eigenvalue weighted by molar-refractivity contribution is -0.126. The number of carbonyl (C=O) groups excluding carboxylic acids is 1. The van der Waals surface area contributed by atoms with Gasteiger partial charge in [0, 0.05) is 11.2 Å². The summed E-state index contributed by atoms with van der Waals surface area (Å²) in [6, 6.07) is 7.96. The highest BCUT2D eigenvalue weighted by molar-refractivity contribution is 5.95. The van der Waals surface area contributed by atoms with E-state index in [9.17, 15) is 4.79 Å². The van der Waals surface area contributed by atoms with Crippen molar-refractivity contribution in [2.45, 2.75) is 53.0 Å². The average Bonchev–Trinajstić information content (AvgIpc) is 2.28. The fourth-order valence-corrected chi connectivity index (χ4v) is 1.53. The van der Waals surface area contributed by atoms with Crippen LogP contribution in [-0.2, 0) is 4.79 Å². The fraction of sp³-hybridized carbons (Fsp3) is 0.562. The molecule has 1 amide bonds. The van der Waals surface area contributed by atoms with Gasteiger partial charge in [0.2, 0.25) is 5.91 Å². The Morgan fingerprint density at radius 2 is 1.58 bits per heavy atom. The third-order valence-corrected chi connectivity index (χ3v) is 4.01. The standard InChI is InChI=1S/C16H26N2O/c1-11(2)12-7-9-13(10-8-12)18-14(19)15(3,4)16(5,6)17/h7-11H,17H2,1-6H3,(H,18,19). The van der Waals surface area contributed by atoms with Gasteiger partial charge in [-0.1, -0.05) is 26.0 Å². The van der Waals surface area contributed by atoms with Crippen LogP contribution in [-0.4, -0.2) is 11.4 Å². The van der Waals surface area contributed by atoms with Crippen molar-refractivity contribution in [3.63, 3.8) is 0 Å². The number of carbonyl (C=O) groups is 1. The molecule has 0 heterocycles. The van der Waals surface area contributed by atoms with Crippen LogP contribution in [0.1, 0.15) is 53.0 Å². The quantitative estimate of drug-likeness (QED) is 0.872. The molecule has 0 aliphatic carbocycles. The number of hydrogen-bond donors (Lipinski definition) is 2. The van der Waals surface area contributed by atoms with Gasteiger partial charge in [-0.25, -0.2) is 0 Å². The second kappa shape index (κ2) is 5.33. The summed E-state index contributed by atoms with van der Waals surface area (Å²) >= 11 is 0. The van der Waals surface area contributed by atoms with Crippen LogP contribution in [0.2, 0.25) is 0 Å². The Morgan fingerprint density at radius 3 is 1.95 bits per heavy atom. The minimum absolute atomic E-state index is 0.0581. The number of nitrogens with one attached hydrogen (secondary N) is 1. The van der Waals surface area contributed by atoms with E-state index in [1.165, 1.54) is 5.56 Å². The van der Waals surface area contributed by atoms with Crippen molar-refractivity contribution in [1.82, 2.24) is 0 Å². The Labute approximate surface area is 116 Å². The van der Waals surface area contributed by atoms with Gasteiger partial charge in [0.25, 0.3) is 0 Å². The van der Waals surface area contributed by atoms with Crippen molar-refractivity contribution in [3.8, 4) is 0 Å². The molecule has 0 aliphatic rings. The van der Waals surface area contributed by atoms with Crippen molar-refractivity contribution in [2.75, 3.05) is 5.32 Å². The Morgan fingerprint density at radius 1 is 1.11 bits per heavy atom. The average molecular weight is 262 g/mol. The highest BCUT2D eigenvalue weighted by Crippen LogP contribution is 2.30. The Kier molecular flexibility index (Phi) is 4.41. The lowest BCUT2D eigenvalue weighted by atomic mass is 9.74. The topological polar surface area (TPSA) is 55.1 Å². The van der Waals surface area contributed by atoms with E-state index in [2.05, 4.69) is 19.2 Å². The van der Waals surface area contributed by atoms with Gasteiger partial charge in [-0.2, -0.15) is 0 Å². The summed E-state index contributed by atoms with van der Waals surface area (Å²) in [4.78, 5) is 12.3. The van der Waals surface area contributed by atoms with Crippen molar-refractivity contribution >= 4 is 11.6 Å². The van der Waals surface area contributed by atoms with Crippen molar-refractivity contribution in [1.29, 1.82) is 0 Å². The lowest BCUT2D eigenvalue weighted by Crippen LogP contribution is -2.53. The highest BCUT2D eigenvalue weighted by atomic mass is 16.2. The van der Waals surface area contributed by atoms with Crippen LogP contribution in [0.15, 0.2) is 24.3 Å². The first-order chi connectivity index (χ1) is 8.55. The SMILES string of the molecule is CC(C)c1ccc(NC(=O)C(C)(C)C(C)(C)N)cc1. The smallest absolute Gasteiger partial charge is 0.231 e. The molecule has 3 N–H and O–H groups in total. The van der Waals surface area contributed by atoms with Gasteiger partial charge in [-0.3, -0.25) is 4.79 Å². The van der Waals surface area contributed by atoms with Crippen molar-refractivity contribution in [3.05, 3.63) is 29.8 Å². The molecule has 0 bridgehead atoms. The molecule has 0 aromatic heterocycles. The van der Waals surface area contributed by atoms with Crippen molar-refractivity contribution < 1.29 is 4.79 Å². The highest BCUT2D eigenvalue weighted by Gasteiger charge is 2.40. The van der Waals surface area contributed by atoms with Gasteiger partial charge >= 0.3 is 0 Å². The predicted molar refractivity (Wildman–Crippen MR) is 81.2 cm³/mol. The van der Waals surface area contributed by atoms with E-state index in [1.807, 2.05) is 52.0 Å². The van der Waals surface area contributed by atoms with Crippen LogP contribution in [0.4, 0.5) is 5.69 Å². The minimum Gasteiger partial charge on any atom is -0.326 e. The van der Waals surface area contributed by atoms with E-state index < -0.39 is 11.0 Å². The molecule has 19 heavy (non-hydrogen) atoms. The molecule has 106 valence electrons. The molecule has 0 saturated heterocycles. The van der Waals surface area contributed by atoms with Gasteiger partial charge in [0.1, 0.15) is 0 Å². The van der Waals surface area contributed by atoms with Crippen LogP contribution in [0, 0.1) is 5.41 Å². The van der Waals surface area contributed by atoms with Crippen LogP contribution in [0.3, 0.4) is 0 Å². The third-order valence-electron chi connectivity index (χ3n) is 4.01. The van der Waals surface area contributed by atoms with Crippen molar-refractivity contribution in [2.24, 2.45) is 11.1 Å². The Balaban J connectivity index is 2.83. The van der Waals surface area contributed by atoms with Crippen LogP contribution < -0.4 is 11.1 Å². The first-order valence-corrected chi connectivity index (χ1v) is 6.76. The van der Waals surface area contributed by atoms with E-state index in [1.54, 1.807) is 0 Å². The third kappa shape index (κ3) is 3.57. The number of nitrogens with two attached hydrogens (primary N) is 1. The summed E-state index contributed by atoms with van der Waals surface area (Å²) in [6.45, 7) is 11.8. The van der Waals surface area contributed by atoms with Crippen LogP contribution in [0.25, 0.3) is 0 Å². The maximum Gasteiger partial charge on any atom is 0.231 e. The van der Waals surface area contributed by atoms with Crippen LogP contribution in [0.5, 0.6) is 0 Å². The van der Waals surface area contributed by atoms with E-state index in [0.717, 1.165) is 5.69 Å². The zero-order chi connectivity index (χ0) is 14.8. The zero-order valence-corrected chi connectivity index (χ0v) is 12.9. The lowest BCUT2D eigenvalue weighted by Gasteiger charge is -2.36. The summed E-state index contributed by atoms with van der Waals surface area (Å²) in [7, 11) is 0. The van der Waals surface area contributed by atoms with Gasteiger partial charge in [0.05, 0.1) is 5.41 Å². The molecule has 3 nitrogen and oxygen atoms in total. The monoisotopic (exact) mass is 262 g/mol. The predicted octanol–water partition coefficient (Wildman–Crippen LogP) is 3.51. The number of benzene rings is 1. The summed E-state index contributed by atoms with van der Waals surface area (Å²) in [5, 5.41) is 2.94. The van der Waals surface area contributed by atoms with E-state index in [0.29, 0.717) is 5.92 Å². The second-order valence-corrected chi connectivity index (χ2v) is 6.58. The largest absolute Gasteiger partial charge is 0.326 e. The normalized spacial score (nSPS) is 12.6. The minimum atomic E-state index is -0.635. The Bertz CT molecular complexity index is 439. The van der Waals surface area contributed by atoms with E-state index >= 15 is 0 Å². The number of hydrogen-bond acceptors (Lipinski definition) is 2. The van der Waals surface area contributed by atoms with Gasteiger partial charge in [-0.15, -0.1) is 0 Å². The molecule has 3 heteroatoms. The number of anilines is 1. The second-order valence-electron chi connectivity index (χ2n) is 6.58. The van der Waals surface area contributed by atoms with Gasteiger partial charge in [0.15, 0.2) is 0 Å². The summed E-state index contributed by atoms with van der Waals surface area (Å²) in [5.74, 6) is 0.432. The molecule has 1 aromatic carbocycles. The number of rotatable bonds is 4.